The highest BCUT2D eigenvalue weighted by Crippen LogP contribution is 2.11. The van der Waals surface area contributed by atoms with Gasteiger partial charge in [0.15, 0.2) is 0 Å². The maximum Gasteiger partial charge on any atom is 0.223 e. The van der Waals surface area contributed by atoms with E-state index >= 15 is 0 Å². The number of hydrogen-bond donors (Lipinski definition) is 2. The van der Waals surface area contributed by atoms with Gasteiger partial charge < -0.3 is 15.2 Å². The predicted molar refractivity (Wildman–Crippen MR) is 70.5 cm³/mol. The van der Waals surface area contributed by atoms with Crippen molar-refractivity contribution in [1.29, 1.82) is 0 Å². The molecule has 0 saturated heterocycles. The van der Waals surface area contributed by atoms with Gasteiger partial charge in [-0.05, 0) is 31.4 Å². The van der Waals surface area contributed by atoms with E-state index in [4.69, 9.17) is 9.84 Å². The summed E-state index contributed by atoms with van der Waals surface area (Å²) in [5.74, 6) is -0.0121. The van der Waals surface area contributed by atoms with Gasteiger partial charge >= 0.3 is 0 Å². The van der Waals surface area contributed by atoms with E-state index in [1.807, 2.05) is 0 Å². The molecule has 5 heteroatoms. The number of nitrogens with one attached hydrogen (secondary N) is 1. The van der Waals surface area contributed by atoms with Crippen LogP contribution in [0.15, 0.2) is 24.3 Å². The summed E-state index contributed by atoms with van der Waals surface area (Å²) in [7, 11) is 0. The van der Waals surface area contributed by atoms with E-state index in [9.17, 15) is 9.18 Å². The number of benzene rings is 1. The van der Waals surface area contributed by atoms with Crippen molar-refractivity contribution >= 4 is 5.91 Å². The Balaban J connectivity index is 2.07. The van der Waals surface area contributed by atoms with Crippen LogP contribution in [0.2, 0.25) is 0 Å². The van der Waals surface area contributed by atoms with E-state index in [1.54, 1.807) is 12.1 Å². The highest BCUT2D eigenvalue weighted by molar-refractivity contribution is 5.75. The Morgan fingerprint density at radius 2 is 2.16 bits per heavy atom. The highest BCUT2D eigenvalue weighted by atomic mass is 19.1. The third-order valence-corrected chi connectivity index (χ3v) is 2.55. The van der Waals surface area contributed by atoms with Gasteiger partial charge in [0.2, 0.25) is 5.91 Å². The first kappa shape index (κ1) is 15.4. The van der Waals surface area contributed by atoms with Gasteiger partial charge in [0, 0.05) is 19.2 Å². The van der Waals surface area contributed by atoms with E-state index in [0.29, 0.717) is 12.3 Å². The van der Waals surface area contributed by atoms with Gasteiger partial charge in [-0.3, -0.25) is 4.79 Å². The Morgan fingerprint density at radius 3 is 2.89 bits per heavy atom. The van der Waals surface area contributed by atoms with Gasteiger partial charge in [-0.15, -0.1) is 0 Å². The number of amides is 1. The molecule has 1 aromatic rings. The van der Waals surface area contributed by atoms with E-state index < -0.39 is 0 Å². The van der Waals surface area contributed by atoms with Crippen LogP contribution in [0.5, 0.6) is 5.75 Å². The second kappa shape index (κ2) is 9.33. The van der Waals surface area contributed by atoms with Crippen LogP contribution in [0.3, 0.4) is 0 Å². The van der Waals surface area contributed by atoms with Crippen molar-refractivity contribution in [1.82, 2.24) is 5.32 Å². The van der Waals surface area contributed by atoms with Crippen LogP contribution in [0.1, 0.15) is 25.7 Å². The number of carbonyl (C=O) groups excluding carboxylic acids is 1. The molecule has 4 nitrogen and oxygen atoms in total. The van der Waals surface area contributed by atoms with Gasteiger partial charge in [-0.1, -0.05) is 6.07 Å². The van der Waals surface area contributed by atoms with Crippen molar-refractivity contribution in [3.8, 4) is 5.75 Å². The number of aliphatic hydroxyl groups is 1. The second-order valence-corrected chi connectivity index (χ2v) is 4.19. The van der Waals surface area contributed by atoms with Crippen LogP contribution in [0, 0.1) is 5.82 Å². The molecule has 0 aliphatic carbocycles. The zero-order valence-corrected chi connectivity index (χ0v) is 10.9. The number of halogens is 1. The molecule has 0 spiro atoms. The summed E-state index contributed by atoms with van der Waals surface area (Å²) in [6.07, 6.45) is 2.77. The molecule has 0 aromatic heterocycles. The molecule has 0 radical (unpaired) electrons. The molecular weight excluding hydrogens is 249 g/mol. The largest absolute Gasteiger partial charge is 0.493 e. The minimum absolute atomic E-state index is 0.0830. The Kier molecular flexibility index (Phi) is 7.58. The maximum absolute atomic E-state index is 12.8. The molecule has 0 bridgehead atoms. The lowest BCUT2D eigenvalue weighted by Gasteiger charge is -2.07. The number of aliphatic hydroxyl groups excluding tert-OH is 1. The minimum Gasteiger partial charge on any atom is -0.493 e. The lowest BCUT2D eigenvalue weighted by Crippen LogP contribution is -2.25. The Labute approximate surface area is 112 Å². The highest BCUT2D eigenvalue weighted by Gasteiger charge is 2.02. The average molecular weight is 269 g/mol. The topological polar surface area (TPSA) is 58.6 Å². The van der Waals surface area contributed by atoms with Crippen molar-refractivity contribution in [2.24, 2.45) is 0 Å². The fraction of sp³-hybridized carbons (Fsp3) is 0.500. The molecule has 0 aliphatic rings. The fourth-order valence-electron chi connectivity index (χ4n) is 1.55. The lowest BCUT2D eigenvalue weighted by molar-refractivity contribution is -0.121. The summed E-state index contributed by atoms with van der Waals surface area (Å²) in [6, 6.07) is 5.83. The average Bonchev–Trinajstić information content (AvgIpc) is 2.38. The molecule has 0 heterocycles. The van der Waals surface area contributed by atoms with Gasteiger partial charge in [0.05, 0.1) is 13.0 Å². The third-order valence-electron chi connectivity index (χ3n) is 2.55. The smallest absolute Gasteiger partial charge is 0.223 e. The fourth-order valence-corrected chi connectivity index (χ4v) is 1.55. The van der Waals surface area contributed by atoms with Crippen LogP contribution in [0.4, 0.5) is 4.39 Å². The molecule has 106 valence electrons. The monoisotopic (exact) mass is 269 g/mol. The summed E-state index contributed by atoms with van der Waals surface area (Å²) >= 11 is 0. The Bertz CT molecular complexity index is 385. The number of unbranched alkanes of at least 4 members (excludes halogenated alkanes) is 2. The Morgan fingerprint density at radius 1 is 1.32 bits per heavy atom. The lowest BCUT2D eigenvalue weighted by atomic mass is 10.2. The Hall–Kier alpha value is -1.62. The molecule has 1 rings (SSSR count). The van der Waals surface area contributed by atoms with Gasteiger partial charge in [-0.2, -0.15) is 0 Å². The maximum atomic E-state index is 12.8. The molecule has 0 aliphatic heterocycles. The molecular formula is C14H20FNO3. The van der Waals surface area contributed by atoms with Crippen molar-refractivity contribution in [2.75, 3.05) is 19.8 Å². The number of rotatable bonds is 9. The van der Waals surface area contributed by atoms with Crippen molar-refractivity contribution in [2.45, 2.75) is 25.7 Å². The zero-order valence-electron chi connectivity index (χ0n) is 10.9. The van der Waals surface area contributed by atoms with Crippen LogP contribution in [-0.2, 0) is 4.79 Å². The molecule has 0 unspecified atom stereocenters. The number of ether oxygens (including phenoxy) is 1. The SMILES string of the molecule is O=C(CCOc1cccc(F)c1)NCCCCCO. The molecule has 1 amide bonds. The van der Waals surface area contributed by atoms with E-state index in [-0.39, 0.29) is 31.4 Å². The second-order valence-electron chi connectivity index (χ2n) is 4.19. The molecule has 0 fully saturated rings. The first-order chi connectivity index (χ1) is 9.22. The quantitative estimate of drug-likeness (QED) is 0.673. The van der Waals surface area contributed by atoms with E-state index in [0.717, 1.165) is 19.3 Å². The van der Waals surface area contributed by atoms with Gasteiger partial charge in [0.25, 0.3) is 0 Å². The number of hydrogen-bond acceptors (Lipinski definition) is 3. The summed E-state index contributed by atoms with van der Waals surface area (Å²) in [5.41, 5.74) is 0. The molecule has 19 heavy (non-hydrogen) atoms. The molecule has 0 saturated carbocycles. The van der Waals surface area contributed by atoms with E-state index in [1.165, 1.54) is 12.1 Å². The van der Waals surface area contributed by atoms with Crippen molar-refractivity contribution in [3.63, 3.8) is 0 Å². The number of carbonyl (C=O) groups is 1. The van der Waals surface area contributed by atoms with Crippen LogP contribution in [0.25, 0.3) is 0 Å². The van der Waals surface area contributed by atoms with Crippen LogP contribution in [-0.4, -0.2) is 30.8 Å². The zero-order chi connectivity index (χ0) is 13.9. The van der Waals surface area contributed by atoms with Crippen LogP contribution >= 0.6 is 0 Å². The van der Waals surface area contributed by atoms with E-state index in [2.05, 4.69) is 5.32 Å². The molecule has 1 aromatic carbocycles. The summed E-state index contributed by atoms with van der Waals surface area (Å²) in [5, 5.41) is 11.4. The first-order valence-electron chi connectivity index (χ1n) is 6.48. The minimum atomic E-state index is -0.356. The summed E-state index contributed by atoms with van der Waals surface area (Å²) in [6.45, 7) is 1.03. The standard InChI is InChI=1S/C14H20FNO3/c15-12-5-4-6-13(11-12)19-10-7-14(18)16-8-2-1-3-9-17/h4-6,11,17H,1-3,7-10H2,(H,16,18). The molecule has 2 N–H and O–H groups in total. The third kappa shape index (κ3) is 7.41. The van der Waals surface area contributed by atoms with Gasteiger partial charge in [-0.25, -0.2) is 4.39 Å². The van der Waals surface area contributed by atoms with Gasteiger partial charge in [0.1, 0.15) is 11.6 Å². The summed E-state index contributed by atoms with van der Waals surface area (Å²) < 4.78 is 18.1. The summed E-state index contributed by atoms with van der Waals surface area (Å²) in [4.78, 5) is 11.4. The molecule has 0 atom stereocenters. The van der Waals surface area contributed by atoms with Crippen molar-refractivity contribution < 1.29 is 19.0 Å². The predicted octanol–water partition coefficient (Wildman–Crippen LogP) is 1.87. The first-order valence-corrected chi connectivity index (χ1v) is 6.48. The van der Waals surface area contributed by atoms with Crippen LogP contribution < -0.4 is 10.1 Å². The normalized spacial score (nSPS) is 10.2. The van der Waals surface area contributed by atoms with Crippen molar-refractivity contribution in [3.05, 3.63) is 30.1 Å².